The number of nitrogens with two attached hydrogens (primary N) is 1. The Kier molecular flexibility index (Phi) is 4.05. The molecule has 0 aliphatic carbocycles. The maximum atomic E-state index is 11.2. The molecule has 1 atom stereocenters. The van der Waals surface area contributed by atoms with Crippen LogP contribution in [-0.4, -0.2) is 51.7 Å². The number of rotatable bonds is 4. The number of urea groups is 1. The van der Waals surface area contributed by atoms with E-state index in [4.69, 9.17) is 5.73 Å². The molecule has 1 aliphatic heterocycles. The second-order valence-electron chi connectivity index (χ2n) is 3.68. The Hall–Kier alpha value is -0.930. The third-order valence-electron chi connectivity index (χ3n) is 2.26. The van der Waals surface area contributed by atoms with E-state index < -0.39 is 15.4 Å². The molecule has 16 heavy (non-hydrogen) atoms. The van der Waals surface area contributed by atoms with Crippen molar-refractivity contribution in [1.82, 2.24) is 15.3 Å². The summed E-state index contributed by atoms with van der Waals surface area (Å²) < 4.78 is -1.40. The van der Waals surface area contributed by atoms with Crippen LogP contribution in [0.4, 0.5) is 4.79 Å². The number of nitro groups is 1. The average molecular weight is 296 g/mol. The predicted molar refractivity (Wildman–Crippen MR) is 60.2 cm³/mol. The lowest BCUT2D eigenvalue weighted by atomic mass is 10.3. The van der Waals surface area contributed by atoms with Crippen molar-refractivity contribution < 1.29 is 9.72 Å². The van der Waals surface area contributed by atoms with Crippen LogP contribution in [0.25, 0.3) is 0 Å². The lowest BCUT2D eigenvalue weighted by Gasteiger charge is -2.31. The number of nitrogens with zero attached hydrogens (tertiary/aromatic N) is 3. The fourth-order valence-corrected chi connectivity index (χ4v) is 1.59. The van der Waals surface area contributed by atoms with Gasteiger partial charge in [0.05, 0.1) is 6.67 Å². The number of hydrogen-bond donors (Lipinski definition) is 2. The monoisotopic (exact) mass is 295 g/mol. The van der Waals surface area contributed by atoms with Gasteiger partial charge in [-0.3, -0.25) is 10.1 Å². The molecule has 1 heterocycles. The molecule has 3 N–H and O–H groups in total. The third kappa shape index (κ3) is 3.03. The van der Waals surface area contributed by atoms with Crippen LogP contribution in [0.15, 0.2) is 0 Å². The number of nitrogens with one attached hydrogen (secondary N) is 1. The van der Waals surface area contributed by atoms with Gasteiger partial charge in [-0.1, -0.05) is 0 Å². The van der Waals surface area contributed by atoms with E-state index in [1.165, 1.54) is 11.9 Å². The highest BCUT2D eigenvalue weighted by Gasteiger charge is 2.39. The van der Waals surface area contributed by atoms with Gasteiger partial charge in [0.2, 0.25) is 0 Å². The number of hydrogen-bond acceptors (Lipinski definition) is 5. The van der Waals surface area contributed by atoms with Crippen molar-refractivity contribution >= 4 is 22.0 Å². The first-order valence-electron chi connectivity index (χ1n) is 4.70. The highest BCUT2D eigenvalue weighted by atomic mass is 79.9. The molecule has 1 fully saturated rings. The van der Waals surface area contributed by atoms with Crippen LogP contribution in [0.5, 0.6) is 0 Å². The smallest absolute Gasteiger partial charge is 0.329 e. The van der Waals surface area contributed by atoms with Crippen LogP contribution in [0.2, 0.25) is 0 Å². The van der Waals surface area contributed by atoms with Crippen molar-refractivity contribution in [2.75, 3.05) is 26.3 Å². The van der Waals surface area contributed by atoms with Gasteiger partial charge in [-0.2, -0.15) is 0 Å². The SMILES string of the molecule is CC(Br)(CN(C(N)=O)N1CCNC1)[N+](=O)[O-]. The van der Waals surface area contributed by atoms with Gasteiger partial charge in [0, 0.05) is 40.9 Å². The summed E-state index contributed by atoms with van der Waals surface area (Å²) in [7, 11) is 0. The molecule has 2 amide bonds. The summed E-state index contributed by atoms with van der Waals surface area (Å²) in [4.78, 5) is 21.5. The van der Waals surface area contributed by atoms with Gasteiger partial charge in [0.15, 0.2) is 0 Å². The van der Waals surface area contributed by atoms with Crippen LogP contribution in [0.1, 0.15) is 6.92 Å². The molecule has 0 radical (unpaired) electrons. The third-order valence-corrected chi connectivity index (χ3v) is 2.80. The molecule has 0 spiro atoms. The minimum Gasteiger partial charge on any atom is -0.350 e. The van der Waals surface area contributed by atoms with E-state index >= 15 is 0 Å². The molecule has 9 heteroatoms. The molecule has 8 nitrogen and oxygen atoms in total. The van der Waals surface area contributed by atoms with E-state index in [1.807, 2.05) is 0 Å². The lowest BCUT2D eigenvalue weighted by Crippen LogP contribution is -2.54. The van der Waals surface area contributed by atoms with E-state index in [2.05, 4.69) is 21.2 Å². The van der Waals surface area contributed by atoms with Crippen LogP contribution in [0.3, 0.4) is 0 Å². The Morgan fingerprint density at radius 1 is 1.81 bits per heavy atom. The van der Waals surface area contributed by atoms with Crippen LogP contribution in [-0.2, 0) is 0 Å². The van der Waals surface area contributed by atoms with E-state index in [0.29, 0.717) is 13.2 Å². The van der Waals surface area contributed by atoms with Crippen molar-refractivity contribution in [1.29, 1.82) is 0 Å². The molecular weight excluding hydrogens is 282 g/mol. The lowest BCUT2D eigenvalue weighted by molar-refractivity contribution is -0.532. The molecule has 92 valence electrons. The van der Waals surface area contributed by atoms with Crippen molar-refractivity contribution in [3.05, 3.63) is 10.1 Å². The zero-order chi connectivity index (χ0) is 12.3. The average Bonchev–Trinajstić information content (AvgIpc) is 2.66. The number of carbonyl (C=O) groups excluding carboxylic acids is 1. The Morgan fingerprint density at radius 2 is 2.44 bits per heavy atom. The fourth-order valence-electron chi connectivity index (χ4n) is 1.35. The zero-order valence-corrected chi connectivity index (χ0v) is 10.4. The zero-order valence-electron chi connectivity index (χ0n) is 8.85. The predicted octanol–water partition coefficient (Wildman–Crippen LogP) is -0.467. The van der Waals surface area contributed by atoms with E-state index in [0.717, 1.165) is 6.54 Å². The van der Waals surface area contributed by atoms with Gasteiger partial charge in [-0.15, -0.1) is 0 Å². The number of hydrazine groups is 1. The van der Waals surface area contributed by atoms with Gasteiger partial charge in [0.1, 0.15) is 6.54 Å². The molecule has 1 aliphatic rings. The number of primary amides is 1. The molecule has 0 aromatic rings. The van der Waals surface area contributed by atoms with Gasteiger partial charge in [-0.25, -0.2) is 14.8 Å². The maximum absolute atomic E-state index is 11.2. The Labute approximate surface area is 101 Å². The largest absolute Gasteiger partial charge is 0.350 e. The van der Waals surface area contributed by atoms with Crippen molar-refractivity contribution in [3.63, 3.8) is 0 Å². The molecule has 1 saturated heterocycles. The Morgan fingerprint density at radius 3 is 2.81 bits per heavy atom. The Balaban J connectivity index is 2.71. The highest BCUT2D eigenvalue weighted by molar-refractivity contribution is 9.10. The first-order chi connectivity index (χ1) is 7.34. The summed E-state index contributed by atoms with van der Waals surface area (Å²) in [6, 6.07) is -0.698. The van der Waals surface area contributed by atoms with Gasteiger partial charge in [-0.05, 0) is 0 Å². The minimum atomic E-state index is -1.40. The summed E-state index contributed by atoms with van der Waals surface area (Å²) in [6.45, 7) is 3.05. The van der Waals surface area contributed by atoms with Gasteiger partial charge < -0.3 is 11.1 Å². The minimum absolute atomic E-state index is 0.114. The fraction of sp³-hybridized carbons (Fsp3) is 0.857. The molecule has 0 aromatic heterocycles. The van der Waals surface area contributed by atoms with Gasteiger partial charge >= 0.3 is 6.03 Å². The van der Waals surface area contributed by atoms with Crippen molar-refractivity contribution in [3.8, 4) is 0 Å². The molecule has 0 bridgehead atoms. The summed E-state index contributed by atoms with van der Waals surface area (Å²) in [5.74, 6) is 0. The molecular formula is C7H14BrN5O3. The summed E-state index contributed by atoms with van der Waals surface area (Å²) in [6.07, 6.45) is 0. The van der Waals surface area contributed by atoms with Crippen molar-refractivity contribution in [2.24, 2.45) is 5.73 Å². The van der Waals surface area contributed by atoms with E-state index in [-0.39, 0.29) is 6.54 Å². The van der Waals surface area contributed by atoms with E-state index in [1.54, 1.807) is 5.01 Å². The van der Waals surface area contributed by atoms with Gasteiger partial charge in [0.25, 0.3) is 4.45 Å². The van der Waals surface area contributed by atoms with Crippen LogP contribution in [0, 0.1) is 10.1 Å². The maximum Gasteiger partial charge on any atom is 0.329 e. The van der Waals surface area contributed by atoms with E-state index in [9.17, 15) is 14.9 Å². The number of halogens is 1. The molecule has 0 aromatic carbocycles. The standard InChI is InChI=1S/C7H14BrN5O3/c1-7(8,13(15)16)4-12(6(9)14)11-3-2-10-5-11/h10H,2-5H2,1H3,(H2,9,14). The molecule has 1 rings (SSSR count). The number of carbonyl (C=O) groups is 1. The number of alkyl halides is 1. The topological polar surface area (TPSA) is 105 Å². The first kappa shape index (κ1) is 13.1. The normalized spacial score (nSPS) is 20.4. The summed E-state index contributed by atoms with van der Waals surface area (Å²) in [5, 5.41) is 16.6. The summed E-state index contributed by atoms with van der Waals surface area (Å²) >= 11 is 2.97. The molecule has 0 saturated carbocycles. The van der Waals surface area contributed by atoms with Crippen LogP contribution < -0.4 is 11.1 Å². The van der Waals surface area contributed by atoms with Crippen LogP contribution >= 0.6 is 15.9 Å². The second-order valence-corrected chi connectivity index (χ2v) is 5.39. The van der Waals surface area contributed by atoms with Crippen molar-refractivity contribution in [2.45, 2.75) is 11.4 Å². The quantitative estimate of drug-likeness (QED) is 0.316. The Bertz CT molecular complexity index is 292. The summed E-state index contributed by atoms with van der Waals surface area (Å²) in [5.41, 5.74) is 5.20. The first-order valence-corrected chi connectivity index (χ1v) is 5.50. The highest BCUT2D eigenvalue weighted by Crippen LogP contribution is 2.20. The second kappa shape index (κ2) is 4.93. The number of amides is 2. The molecule has 1 unspecified atom stereocenters.